The van der Waals surface area contributed by atoms with Gasteiger partial charge in [0.1, 0.15) is 0 Å². The van der Waals surface area contributed by atoms with Crippen molar-refractivity contribution in [3.63, 3.8) is 0 Å². The van der Waals surface area contributed by atoms with Crippen molar-refractivity contribution in [3.8, 4) is 0 Å². The molecule has 1 aromatic carbocycles. The molecule has 1 aromatic rings. The van der Waals surface area contributed by atoms with Gasteiger partial charge in [0.15, 0.2) is 5.11 Å². The Bertz CT molecular complexity index is 410. The molecule has 0 radical (unpaired) electrons. The van der Waals surface area contributed by atoms with Crippen molar-refractivity contribution in [2.24, 2.45) is 5.10 Å². The van der Waals surface area contributed by atoms with Gasteiger partial charge in [0, 0.05) is 6.54 Å². The van der Waals surface area contributed by atoms with Gasteiger partial charge in [-0.1, -0.05) is 36.4 Å². The second-order valence-corrected chi connectivity index (χ2v) is 3.94. The van der Waals surface area contributed by atoms with E-state index in [-0.39, 0.29) is 0 Å². The maximum Gasteiger partial charge on any atom is 0.186 e. The summed E-state index contributed by atoms with van der Waals surface area (Å²) in [6.07, 6.45) is 3.80. The molecule has 0 aromatic heterocycles. The molecule has 4 heteroatoms. The number of rotatable bonds is 4. The first-order chi connectivity index (χ1) is 8.22. The van der Waals surface area contributed by atoms with E-state index in [4.69, 9.17) is 12.2 Å². The van der Waals surface area contributed by atoms with E-state index in [9.17, 15) is 0 Å². The Morgan fingerprint density at radius 2 is 2.06 bits per heavy atom. The number of thiocarbonyl (C=S) groups is 1. The molecule has 0 atom stereocenters. The fraction of sp³-hybridized carbons (Fsp3) is 0.231. The maximum absolute atomic E-state index is 4.98. The second kappa shape index (κ2) is 7.57. The minimum absolute atomic E-state index is 0.538. The van der Waals surface area contributed by atoms with Gasteiger partial charge in [-0.2, -0.15) is 5.10 Å². The molecule has 0 amide bonds. The summed E-state index contributed by atoms with van der Waals surface area (Å²) in [5.41, 5.74) is 4.97. The molecule has 0 heterocycles. The first-order valence-electron chi connectivity index (χ1n) is 5.52. The Balaban J connectivity index is 2.49. The molecule has 0 spiro atoms. The average Bonchev–Trinajstić information content (AvgIpc) is 2.30. The van der Waals surface area contributed by atoms with E-state index >= 15 is 0 Å². The van der Waals surface area contributed by atoms with E-state index in [0.717, 1.165) is 17.7 Å². The zero-order chi connectivity index (χ0) is 12.5. The number of hydrazone groups is 1. The number of nitrogens with one attached hydrogen (secondary N) is 2. The van der Waals surface area contributed by atoms with Crippen molar-refractivity contribution in [2.45, 2.75) is 13.8 Å². The Labute approximate surface area is 108 Å². The van der Waals surface area contributed by atoms with Crippen LogP contribution >= 0.6 is 12.2 Å². The fourth-order valence-corrected chi connectivity index (χ4v) is 1.44. The van der Waals surface area contributed by atoms with Crippen molar-refractivity contribution in [1.82, 2.24) is 10.7 Å². The predicted molar refractivity (Wildman–Crippen MR) is 78.0 cm³/mol. The lowest BCUT2D eigenvalue weighted by Crippen LogP contribution is -2.31. The molecule has 1 rings (SSSR count). The molecular weight excluding hydrogens is 230 g/mol. The van der Waals surface area contributed by atoms with E-state index in [2.05, 4.69) is 21.9 Å². The third-order valence-corrected chi connectivity index (χ3v) is 2.20. The molecular formula is C13H17N3S. The fourth-order valence-electron chi connectivity index (χ4n) is 1.24. The molecule has 0 saturated heterocycles. The molecule has 0 unspecified atom stereocenters. The first-order valence-corrected chi connectivity index (χ1v) is 5.93. The summed E-state index contributed by atoms with van der Waals surface area (Å²) in [5, 5.41) is 7.53. The van der Waals surface area contributed by atoms with Crippen LogP contribution in [0, 0.1) is 0 Å². The van der Waals surface area contributed by atoms with E-state index in [1.54, 1.807) is 6.21 Å². The van der Waals surface area contributed by atoms with Crippen LogP contribution in [0.25, 0.3) is 6.08 Å². The Kier molecular flexibility index (Phi) is 5.96. The average molecular weight is 247 g/mol. The molecule has 90 valence electrons. The van der Waals surface area contributed by atoms with Gasteiger partial charge in [-0.3, -0.25) is 5.43 Å². The molecule has 0 bridgehead atoms. The van der Waals surface area contributed by atoms with Crippen LogP contribution in [0.2, 0.25) is 0 Å². The Hall–Kier alpha value is -1.68. The summed E-state index contributed by atoms with van der Waals surface area (Å²) in [6.45, 7) is 4.77. The van der Waals surface area contributed by atoms with Gasteiger partial charge in [0.2, 0.25) is 0 Å². The molecule has 0 aliphatic carbocycles. The van der Waals surface area contributed by atoms with Gasteiger partial charge in [-0.05, 0) is 37.2 Å². The first kappa shape index (κ1) is 13.4. The lowest BCUT2D eigenvalue weighted by molar-refractivity contribution is 0.904. The molecule has 2 N–H and O–H groups in total. The minimum Gasteiger partial charge on any atom is -0.362 e. The van der Waals surface area contributed by atoms with Crippen LogP contribution in [-0.2, 0) is 0 Å². The largest absolute Gasteiger partial charge is 0.362 e. The summed E-state index contributed by atoms with van der Waals surface area (Å²) in [5.74, 6) is 0. The van der Waals surface area contributed by atoms with Crippen molar-refractivity contribution in [3.05, 3.63) is 41.5 Å². The van der Waals surface area contributed by atoms with Crippen LogP contribution in [0.4, 0.5) is 0 Å². The quantitative estimate of drug-likeness (QED) is 0.488. The van der Waals surface area contributed by atoms with Crippen molar-refractivity contribution >= 4 is 29.6 Å². The van der Waals surface area contributed by atoms with E-state index in [1.165, 1.54) is 0 Å². The topological polar surface area (TPSA) is 36.4 Å². The normalized spacial score (nSPS) is 11.5. The number of nitrogens with zero attached hydrogens (tertiary/aromatic N) is 1. The van der Waals surface area contributed by atoms with Crippen LogP contribution in [0.15, 0.2) is 41.0 Å². The predicted octanol–water partition coefficient (Wildman–Crippen LogP) is 2.56. The van der Waals surface area contributed by atoms with Crippen LogP contribution in [-0.4, -0.2) is 17.9 Å². The summed E-state index contributed by atoms with van der Waals surface area (Å²) in [4.78, 5) is 0. The Morgan fingerprint density at radius 1 is 1.35 bits per heavy atom. The highest BCUT2D eigenvalue weighted by Crippen LogP contribution is 2.04. The maximum atomic E-state index is 4.98. The number of allylic oxidation sites excluding steroid dienone is 1. The van der Waals surface area contributed by atoms with Crippen LogP contribution < -0.4 is 10.7 Å². The standard InChI is InChI=1S/C13H17N3S/c1-3-14-13(17)16-15-10-11(2)9-12-7-5-4-6-8-12/h4-10H,3H2,1-2H3,(H2,14,16,17)/b11-9-,15-10+. The van der Waals surface area contributed by atoms with Crippen molar-refractivity contribution in [2.75, 3.05) is 6.54 Å². The molecule has 0 aliphatic heterocycles. The van der Waals surface area contributed by atoms with Crippen LogP contribution in [0.1, 0.15) is 19.4 Å². The monoisotopic (exact) mass is 247 g/mol. The Morgan fingerprint density at radius 3 is 2.71 bits per heavy atom. The summed E-state index contributed by atoms with van der Waals surface area (Å²) < 4.78 is 0. The lowest BCUT2D eigenvalue weighted by atomic mass is 10.1. The molecule has 3 nitrogen and oxygen atoms in total. The molecule has 0 saturated carbocycles. The number of hydrogen-bond acceptors (Lipinski definition) is 2. The smallest absolute Gasteiger partial charge is 0.186 e. The molecule has 0 aliphatic rings. The highest BCUT2D eigenvalue weighted by atomic mass is 32.1. The summed E-state index contributed by atoms with van der Waals surface area (Å²) in [7, 11) is 0. The number of hydrogen-bond donors (Lipinski definition) is 2. The second-order valence-electron chi connectivity index (χ2n) is 3.53. The minimum atomic E-state index is 0.538. The highest BCUT2D eigenvalue weighted by molar-refractivity contribution is 7.80. The van der Waals surface area contributed by atoms with Gasteiger partial charge < -0.3 is 5.32 Å². The SMILES string of the molecule is CCNC(=S)N/N=C/C(C)=C\c1ccccc1. The zero-order valence-corrected chi connectivity index (χ0v) is 10.9. The summed E-state index contributed by atoms with van der Waals surface area (Å²) in [6, 6.07) is 10.1. The van der Waals surface area contributed by atoms with Crippen LogP contribution in [0.3, 0.4) is 0 Å². The summed E-state index contributed by atoms with van der Waals surface area (Å²) >= 11 is 4.98. The van der Waals surface area contributed by atoms with E-state index < -0.39 is 0 Å². The van der Waals surface area contributed by atoms with E-state index in [0.29, 0.717) is 5.11 Å². The van der Waals surface area contributed by atoms with Gasteiger partial charge in [0.05, 0.1) is 6.21 Å². The third-order valence-electron chi connectivity index (χ3n) is 1.97. The molecule has 0 fully saturated rings. The van der Waals surface area contributed by atoms with Gasteiger partial charge in [0.25, 0.3) is 0 Å². The number of benzene rings is 1. The third kappa shape index (κ3) is 5.82. The van der Waals surface area contributed by atoms with Gasteiger partial charge in [-0.15, -0.1) is 0 Å². The van der Waals surface area contributed by atoms with Gasteiger partial charge in [-0.25, -0.2) is 0 Å². The molecule has 17 heavy (non-hydrogen) atoms. The van der Waals surface area contributed by atoms with Crippen molar-refractivity contribution in [1.29, 1.82) is 0 Å². The van der Waals surface area contributed by atoms with E-state index in [1.807, 2.05) is 44.2 Å². The zero-order valence-electron chi connectivity index (χ0n) is 10.1. The van der Waals surface area contributed by atoms with Crippen LogP contribution in [0.5, 0.6) is 0 Å². The van der Waals surface area contributed by atoms with Crippen molar-refractivity contribution < 1.29 is 0 Å². The lowest BCUT2D eigenvalue weighted by Gasteiger charge is -2.02. The highest BCUT2D eigenvalue weighted by Gasteiger charge is 1.89. The van der Waals surface area contributed by atoms with Gasteiger partial charge >= 0.3 is 0 Å².